The van der Waals surface area contributed by atoms with Crippen LogP contribution in [0.5, 0.6) is 11.5 Å². The number of benzene rings is 2. The number of ether oxygens (including phenoxy) is 2. The van der Waals surface area contributed by atoms with Gasteiger partial charge in [0.25, 0.3) is 5.91 Å². The van der Waals surface area contributed by atoms with Crippen LogP contribution in [0.3, 0.4) is 0 Å². The van der Waals surface area contributed by atoms with E-state index < -0.39 is 6.10 Å². The first-order valence-corrected chi connectivity index (χ1v) is 8.38. The van der Waals surface area contributed by atoms with Crippen LogP contribution in [0.4, 0.5) is 0 Å². The number of halogens is 1. The van der Waals surface area contributed by atoms with E-state index >= 15 is 0 Å². The van der Waals surface area contributed by atoms with E-state index in [1.807, 2.05) is 36.4 Å². The van der Waals surface area contributed by atoms with E-state index in [2.05, 4.69) is 12.2 Å². The van der Waals surface area contributed by atoms with Gasteiger partial charge in [-0.25, -0.2) is 0 Å². The Morgan fingerprint density at radius 1 is 1.17 bits per heavy atom. The maximum atomic E-state index is 12.0. The molecule has 1 N–H and O–H groups in total. The summed E-state index contributed by atoms with van der Waals surface area (Å²) in [6, 6.07) is 15.0. The van der Waals surface area contributed by atoms with Crippen LogP contribution in [0, 0.1) is 0 Å². The highest BCUT2D eigenvalue weighted by Crippen LogP contribution is 2.24. The molecular weight excluding hydrogens is 326 g/mol. The van der Waals surface area contributed by atoms with Gasteiger partial charge in [0.1, 0.15) is 18.1 Å². The van der Waals surface area contributed by atoms with Gasteiger partial charge >= 0.3 is 0 Å². The molecule has 0 unspecified atom stereocenters. The Balaban J connectivity index is 1.71. The fourth-order valence-corrected chi connectivity index (χ4v) is 2.27. The molecule has 0 radical (unpaired) electrons. The van der Waals surface area contributed by atoms with Crippen molar-refractivity contribution in [3.63, 3.8) is 0 Å². The zero-order chi connectivity index (χ0) is 17.4. The van der Waals surface area contributed by atoms with E-state index in [4.69, 9.17) is 21.1 Å². The van der Waals surface area contributed by atoms with E-state index in [-0.39, 0.29) is 5.91 Å². The number of hydrogen-bond acceptors (Lipinski definition) is 3. The zero-order valence-electron chi connectivity index (χ0n) is 13.9. The molecule has 0 saturated heterocycles. The molecule has 128 valence electrons. The molecule has 5 heteroatoms. The molecule has 0 spiro atoms. The van der Waals surface area contributed by atoms with Crippen molar-refractivity contribution < 1.29 is 14.3 Å². The van der Waals surface area contributed by atoms with Gasteiger partial charge in [0.2, 0.25) is 0 Å². The van der Waals surface area contributed by atoms with Crippen LogP contribution in [0.15, 0.2) is 48.5 Å². The monoisotopic (exact) mass is 347 g/mol. The molecule has 4 nitrogen and oxygen atoms in total. The molecule has 0 aliphatic heterocycles. The number of carbonyl (C=O) groups is 1. The summed E-state index contributed by atoms with van der Waals surface area (Å²) in [5.41, 5.74) is 1.26. The highest BCUT2D eigenvalue weighted by Gasteiger charge is 2.15. The van der Waals surface area contributed by atoms with Crippen LogP contribution in [-0.4, -0.2) is 25.2 Å². The quantitative estimate of drug-likeness (QED) is 0.737. The third-order valence-corrected chi connectivity index (χ3v) is 3.82. The Morgan fingerprint density at radius 2 is 1.88 bits per heavy atom. The lowest BCUT2D eigenvalue weighted by Gasteiger charge is -2.15. The van der Waals surface area contributed by atoms with Crippen molar-refractivity contribution >= 4 is 17.5 Å². The summed E-state index contributed by atoms with van der Waals surface area (Å²) in [5.74, 6) is 1.08. The van der Waals surface area contributed by atoms with Crippen LogP contribution < -0.4 is 14.8 Å². The number of amides is 1. The van der Waals surface area contributed by atoms with Crippen molar-refractivity contribution in [1.82, 2.24) is 5.32 Å². The molecule has 1 atom stereocenters. The summed E-state index contributed by atoms with van der Waals surface area (Å²) < 4.78 is 11.2. The molecule has 0 aliphatic carbocycles. The first-order chi connectivity index (χ1) is 11.6. The molecule has 0 fully saturated rings. The summed E-state index contributed by atoms with van der Waals surface area (Å²) in [6.07, 6.45) is 0.369. The normalized spacial score (nSPS) is 11.6. The lowest BCUT2D eigenvalue weighted by Crippen LogP contribution is -2.38. The van der Waals surface area contributed by atoms with Gasteiger partial charge in [-0.05, 0) is 43.2 Å². The minimum atomic E-state index is -0.631. The Morgan fingerprint density at radius 3 is 2.54 bits per heavy atom. The second-order valence-electron chi connectivity index (χ2n) is 5.33. The van der Waals surface area contributed by atoms with Gasteiger partial charge in [0.05, 0.1) is 11.6 Å². The van der Waals surface area contributed by atoms with E-state index in [9.17, 15) is 4.79 Å². The van der Waals surface area contributed by atoms with E-state index in [0.717, 1.165) is 12.2 Å². The molecule has 2 aromatic rings. The molecule has 1 amide bonds. The molecule has 0 aliphatic rings. The lowest BCUT2D eigenvalue weighted by molar-refractivity contribution is -0.127. The fraction of sp³-hybridized carbons (Fsp3) is 0.316. The SMILES string of the molecule is CCc1ccc(OCCNC(=O)[C@@H](C)Oc2ccccc2Cl)cc1. The molecule has 2 aromatic carbocycles. The number of nitrogens with one attached hydrogen (secondary N) is 1. The summed E-state index contributed by atoms with van der Waals surface area (Å²) in [4.78, 5) is 12.0. The standard InChI is InChI=1S/C19H22ClNO3/c1-3-15-8-10-16(11-9-15)23-13-12-21-19(22)14(2)24-18-7-5-4-6-17(18)20/h4-11,14H,3,12-13H2,1-2H3,(H,21,22)/t14-/m1/s1. The topological polar surface area (TPSA) is 47.6 Å². The third kappa shape index (κ3) is 5.46. The van der Waals surface area contributed by atoms with Crippen LogP contribution in [0.1, 0.15) is 19.4 Å². The van der Waals surface area contributed by atoms with Crippen molar-refractivity contribution in [3.8, 4) is 11.5 Å². The third-order valence-electron chi connectivity index (χ3n) is 3.51. The zero-order valence-corrected chi connectivity index (χ0v) is 14.7. The Hall–Kier alpha value is -2.20. The number of aryl methyl sites for hydroxylation is 1. The summed E-state index contributed by atoms with van der Waals surface area (Å²) in [5, 5.41) is 3.27. The average Bonchev–Trinajstić information content (AvgIpc) is 2.61. The Labute approximate surface area is 147 Å². The minimum Gasteiger partial charge on any atom is -0.492 e. The lowest BCUT2D eigenvalue weighted by atomic mass is 10.2. The van der Waals surface area contributed by atoms with Crippen molar-refractivity contribution in [2.75, 3.05) is 13.2 Å². The number of hydrogen-bond donors (Lipinski definition) is 1. The number of para-hydroxylation sites is 1. The Bertz CT molecular complexity index is 658. The van der Waals surface area contributed by atoms with E-state index in [1.54, 1.807) is 19.1 Å². The summed E-state index contributed by atoms with van der Waals surface area (Å²) in [7, 11) is 0. The molecular formula is C19H22ClNO3. The van der Waals surface area contributed by atoms with Crippen molar-refractivity contribution in [2.24, 2.45) is 0 Å². The highest BCUT2D eigenvalue weighted by atomic mass is 35.5. The predicted octanol–water partition coefficient (Wildman–Crippen LogP) is 3.86. The molecule has 0 heterocycles. The van der Waals surface area contributed by atoms with Crippen LogP contribution in [0.2, 0.25) is 5.02 Å². The van der Waals surface area contributed by atoms with Crippen molar-refractivity contribution in [1.29, 1.82) is 0 Å². The second kappa shape index (κ2) is 9.18. The van der Waals surface area contributed by atoms with Gasteiger partial charge in [-0.3, -0.25) is 4.79 Å². The predicted molar refractivity (Wildman–Crippen MR) is 95.9 cm³/mol. The molecule has 0 bridgehead atoms. The molecule has 24 heavy (non-hydrogen) atoms. The van der Waals surface area contributed by atoms with Gasteiger partial charge in [0.15, 0.2) is 6.10 Å². The fourth-order valence-electron chi connectivity index (χ4n) is 2.09. The number of rotatable bonds is 8. The van der Waals surface area contributed by atoms with Gasteiger partial charge in [-0.2, -0.15) is 0 Å². The van der Waals surface area contributed by atoms with Gasteiger partial charge < -0.3 is 14.8 Å². The average molecular weight is 348 g/mol. The molecule has 0 aromatic heterocycles. The van der Waals surface area contributed by atoms with Crippen molar-refractivity contribution in [3.05, 3.63) is 59.1 Å². The van der Waals surface area contributed by atoms with Gasteiger partial charge in [-0.15, -0.1) is 0 Å². The first kappa shape index (κ1) is 18.1. The van der Waals surface area contributed by atoms with Gasteiger partial charge in [-0.1, -0.05) is 42.8 Å². The van der Waals surface area contributed by atoms with Crippen LogP contribution in [0.25, 0.3) is 0 Å². The molecule has 0 saturated carbocycles. The van der Waals surface area contributed by atoms with Crippen LogP contribution in [-0.2, 0) is 11.2 Å². The van der Waals surface area contributed by atoms with E-state index in [0.29, 0.717) is 23.9 Å². The first-order valence-electron chi connectivity index (χ1n) is 8.00. The second-order valence-corrected chi connectivity index (χ2v) is 5.73. The smallest absolute Gasteiger partial charge is 0.260 e. The number of carbonyl (C=O) groups excluding carboxylic acids is 1. The highest BCUT2D eigenvalue weighted by molar-refractivity contribution is 6.32. The summed E-state index contributed by atoms with van der Waals surface area (Å²) >= 11 is 6.01. The minimum absolute atomic E-state index is 0.208. The maximum absolute atomic E-state index is 12.0. The Kier molecular flexibility index (Phi) is 6.94. The maximum Gasteiger partial charge on any atom is 0.260 e. The van der Waals surface area contributed by atoms with Crippen molar-refractivity contribution in [2.45, 2.75) is 26.4 Å². The van der Waals surface area contributed by atoms with Crippen LogP contribution >= 0.6 is 11.6 Å². The summed E-state index contributed by atoms with van der Waals surface area (Å²) in [6.45, 7) is 4.60. The van der Waals surface area contributed by atoms with E-state index in [1.165, 1.54) is 5.56 Å². The van der Waals surface area contributed by atoms with Gasteiger partial charge in [0, 0.05) is 0 Å². The largest absolute Gasteiger partial charge is 0.492 e. The molecule has 2 rings (SSSR count).